The highest BCUT2D eigenvalue weighted by Gasteiger charge is 2.37. The quantitative estimate of drug-likeness (QED) is 0.768. The summed E-state index contributed by atoms with van der Waals surface area (Å²) in [6.45, 7) is 12.5. The van der Waals surface area contributed by atoms with Gasteiger partial charge in [-0.2, -0.15) is 0 Å². The third kappa shape index (κ3) is 4.99. The van der Waals surface area contributed by atoms with Crippen molar-refractivity contribution in [2.45, 2.75) is 77.9 Å². The SMILES string of the molecule is CC(=O)CC(C)=NC1CC(C)(C)NC(C)(C)C1. The predicted octanol–water partition coefficient (Wildman–Crippen LogP) is 2.74. The van der Waals surface area contributed by atoms with Crippen molar-refractivity contribution in [2.24, 2.45) is 4.99 Å². The highest BCUT2D eigenvalue weighted by Crippen LogP contribution is 2.30. The lowest BCUT2D eigenvalue weighted by Crippen LogP contribution is -2.58. The van der Waals surface area contributed by atoms with Crippen LogP contribution in [0.5, 0.6) is 0 Å². The number of nitrogens with zero attached hydrogens (tertiary/aromatic N) is 1. The predicted molar refractivity (Wildman–Crippen MR) is 72.7 cm³/mol. The van der Waals surface area contributed by atoms with Gasteiger partial charge in [-0.3, -0.25) is 9.79 Å². The lowest BCUT2D eigenvalue weighted by atomic mass is 9.80. The van der Waals surface area contributed by atoms with Crippen LogP contribution in [0.3, 0.4) is 0 Å². The summed E-state index contributed by atoms with van der Waals surface area (Å²) in [5, 5.41) is 3.64. The van der Waals surface area contributed by atoms with Crippen LogP contribution in [0.25, 0.3) is 0 Å². The fraction of sp³-hybridized carbons (Fsp3) is 0.857. The second kappa shape index (κ2) is 4.89. The highest BCUT2D eigenvalue weighted by molar-refractivity contribution is 5.99. The number of piperidine rings is 1. The first kappa shape index (κ1) is 14.4. The Labute approximate surface area is 105 Å². The van der Waals surface area contributed by atoms with Crippen molar-refractivity contribution >= 4 is 11.5 Å². The Morgan fingerprint density at radius 1 is 1.18 bits per heavy atom. The molecule has 0 radical (unpaired) electrons. The van der Waals surface area contributed by atoms with E-state index in [0.29, 0.717) is 12.5 Å². The molecule has 0 amide bonds. The van der Waals surface area contributed by atoms with Gasteiger partial charge in [-0.1, -0.05) is 0 Å². The molecule has 1 aliphatic rings. The van der Waals surface area contributed by atoms with Gasteiger partial charge in [0.2, 0.25) is 0 Å². The van der Waals surface area contributed by atoms with Crippen LogP contribution in [0.1, 0.15) is 60.8 Å². The number of nitrogens with one attached hydrogen (secondary N) is 1. The molecule has 1 rings (SSSR count). The van der Waals surface area contributed by atoms with E-state index in [2.05, 4.69) is 33.0 Å². The van der Waals surface area contributed by atoms with Gasteiger partial charge in [0.1, 0.15) is 5.78 Å². The maximum Gasteiger partial charge on any atom is 0.135 e. The standard InChI is InChI=1S/C14H26N2O/c1-10(7-11(2)17)15-12-8-13(3,4)16-14(5,6)9-12/h12,16H,7-9H2,1-6H3. The van der Waals surface area contributed by atoms with E-state index in [9.17, 15) is 4.79 Å². The molecule has 1 fully saturated rings. The summed E-state index contributed by atoms with van der Waals surface area (Å²) in [7, 11) is 0. The van der Waals surface area contributed by atoms with Crippen LogP contribution in [0.2, 0.25) is 0 Å². The van der Waals surface area contributed by atoms with Gasteiger partial charge < -0.3 is 5.32 Å². The zero-order valence-electron chi connectivity index (χ0n) is 12.1. The second-order valence-corrected chi connectivity index (χ2v) is 6.70. The number of carbonyl (C=O) groups is 1. The van der Waals surface area contributed by atoms with Gasteiger partial charge in [0, 0.05) is 23.2 Å². The van der Waals surface area contributed by atoms with E-state index in [1.54, 1.807) is 6.92 Å². The van der Waals surface area contributed by atoms with Crippen LogP contribution in [-0.4, -0.2) is 28.6 Å². The molecule has 1 N–H and O–H groups in total. The summed E-state index contributed by atoms with van der Waals surface area (Å²) in [6, 6.07) is 0.334. The van der Waals surface area contributed by atoms with E-state index < -0.39 is 0 Å². The maximum absolute atomic E-state index is 11.1. The third-order valence-electron chi connectivity index (χ3n) is 3.08. The average molecular weight is 238 g/mol. The molecule has 1 heterocycles. The summed E-state index contributed by atoms with van der Waals surface area (Å²) in [5.74, 6) is 0.193. The van der Waals surface area contributed by atoms with Crippen LogP contribution in [-0.2, 0) is 4.79 Å². The normalized spacial score (nSPS) is 24.7. The Kier molecular flexibility index (Phi) is 4.13. The Morgan fingerprint density at radius 2 is 1.65 bits per heavy atom. The second-order valence-electron chi connectivity index (χ2n) is 6.70. The van der Waals surface area contributed by atoms with E-state index in [4.69, 9.17) is 4.99 Å². The Hall–Kier alpha value is -0.700. The Bertz CT molecular complexity index is 313. The van der Waals surface area contributed by atoms with Gasteiger partial charge in [0.15, 0.2) is 0 Å². The zero-order chi connectivity index (χ0) is 13.3. The first-order valence-corrected chi connectivity index (χ1v) is 6.42. The van der Waals surface area contributed by atoms with Crippen molar-refractivity contribution in [1.29, 1.82) is 0 Å². The molecule has 0 aromatic heterocycles. The van der Waals surface area contributed by atoms with Crippen LogP contribution in [0.4, 0.5) is 0 Å². The molecule has 17 heavy (non-hydrogen) atoms. The summed E-state index contributed by atoms with van der Waals surface area (Å²) in [6.07, 6.45) is 2.56. The molecular weight excluding hydrogens is 212 g/mol. The molecule has 1 saturated heterocycles. The van der Waals surface area contributed by atoms with Gasteiger partial charge >= 0.3 is 0 Å². The minimum atomic E-state index is 0.117. The minimum absolute atomic E-state index is 0.117. The first-order chi connectivity index (χ1) is 7.60. The summed E-state index contributed by atoms with van der Waals surface area (Å²) in [5.41, 5.74) is 1.20. The first-order valence-electron chi connectivity index (χ1n) is 6.42. The summed E-state index contributed by atoms with van der Waals surface area (Å²) >= 11 is 0. The fourth-order valence-electron chi connectivity index (χ4n) is 3.08. The van der Waals surface area contributed by atoms with E-state index in [0.717, 1.165) is 18.6 Å². The van der Waals surface area contributed by atoms with Crippen molar-refractivity contribution in [1.82, 2.24) is 5.32 Å². The van der Waals surface area contributed by atoms with Crippen LogP contribution < -0.4 is 5.32 Å². The van der Waals surface area contributed by atoms with E-state index in [1.165, 1.54) is 0 Å². The summed E-state index contributed by atoms with van der Waals surface area (Å²) in [4.78, 5) is 15.8. The van der Waals surface area contributed by atoms with E-state index in [1.807, 2.05) is 6.92 Å². The van der Waals surface area contributed by atoms with E-state index in [-0.39, 0.29) is 16.9 Å². The molecule has 3 nitrogen and oxygen atoms in total. The van der Waals surface area contributed by atoms with Gasteiger partial charge in [-0.05, 0) is 54.4 Å². The molecule has 0 atom stereocenters. The Balaban J connectivity index is 2.74. The fourth-order valence-corrected chi connectivity index (χ4v) is 3.08. The molecule has 0 bridgehead atoms. The van der Waals surface area contributed by atoms with Crippen molar-refractivity contribution < 1.29 is 4.79 Å². The zero-order valence-corrected chi connectivity index (χ0v) is 12.1. The number of carbonyl (C=O) groups excluding carboxylic acids is 1. The van der Waals surface area contributed by atoms with Crippen molar-refractivity contribution in [3.63, 3.8) is 0 Å². The summed E-state index contributed by atoms with van der Waals surface area (Å²) < 4.78 is 0. The molecule has 0 aromatic rings. The molecule has 0 saturated carbocycles. The average Bonchev–Trinajstić information content (AvgIpc) is 1.93. The van der Waals surface area contributed by atoms with Crippen LogP contribution in [0.15, 0.2) is 4.99 Å². The van der Waals surface area contributed by atoms with Gasteiger partial charge in [0.25, 0.3) is 0 Å². The smallest absolute Gasteiger partial charge is 0.135 e. The molecule has 0 aromatic carbocycles. The molecular formula is C14H26N2O. The highest BCUT2D eigenvalue weighted by atomic mass is 16.1. The van der Waals surface area contributed by atoms with Crippen molar-refractivity contribution in [2.75, 3.05) is 0 Å². The number of Topliss-reactive ketones (excluding diaryl/α,β-unsaturated/α-hetero) is 1. The number of ketones is 1. The maximum atomic E-state index is 11.1. The monoisotopic (exact) mass is 238 g/mol. The van der Waals surface area contributed by atoms with Gasteiger partial charge in [-0.25, -0.2) is 0 Å². The molecule has 3 heteroatoms. The van der Waals surface area contributed by atoms with Gasteiger partial charge in [-0.15, -0.1) is 0 Å². The molecule has 98 valence electrons. The number of rotatable bonds is 3. The lowest BCUT2D eigenvalue weighted by molar-refractivity contribution is -0.115. The third-order valence-corrected chi connectivity index (χ3v) is 3.08. The molecule has 0 unspecified atom stereocenters. The largest absolute Gasteiger partial charge is 0.307 e. The van der Waals surface area contributed by atoms with Crippen molar-refractivity contribution in [3.05, 3.63) is 0 Å². The minimum Gasteiger partial charge on any atom is -0.307 e. The molecule has 0 aliphatic carbocycles. The molecule has 1 aliphatic heterocycles. The van der Waals surface area contributed by atoms with Gasteiger partial charge in [0.05, 0.1) is 6.04 Å². The van der Waals surface area contributed by atoms with E-state index >= 15 is 0 Å². The van der Waals surface area contributed by atoms with Crippen molar-refractivity contribution in [3.8, 4) is 0 Å². The number of hydrogen-bond acceptors (Lipinski definition) is 3. The topological polar surface area (TPSA) is 41.5 Å². The molecule has 0 spiro atoms. The van der Waals surface area contributed by atoms with Crippen LogP contribution in [0, 0.1) is 0 Å². The van der Waals surface area contributed by atoms with Crippen LogP contribution >= 0.6 is 0 Å². The lowest BCUT2D eigenvalue weighted by Gasteiger charge is -2.45. The number of aliphatic imine (C=N–C) groups is 1. The Morgan fingerprint density at radius 3 is 2.06 bits per heavy atom. The number of hydrogen-bond donors (Lipinski definition) is 1.